The smallest absolute Gasteiger partial charge is 0.243 e. The molecule has 230 valence electrons. The fourth-order valence-corrected chi connectivity index (χ4v) is 7.00. The highest BCUT2D eigenvalue weighted by molar-refractivity contribution is 9.10. The molecule has 0 radical (unpaired) electrons. The largest absolute Gasteiger partial charge is 0.352 e. The molecule has 1 aliphatic rings. The molecule has 3 aromatic rings. The van der Waals surface area contributed by atoms with Crippen LogP contribution in [0.5, 0.6) is 0 Å². The summed E-state index contributed by atoms with van der Waals surface area (Å²) in [6.45, 7) is 2.31. The van der Waals surface area contributed by atoms with Crippen LogP contribution in [0, 0.1) is 6.92 Å². The van der Waals surface area contributed by atoms with Crippen LogP contribution in [0.2, 0.25) is 0 Å². The summed E-state index contributed by atoms with van der Waals surface area (Å²) in [7, 11) is -3.56. The van der Waals surface area contributed by atoms with E-state index in [1.54, 1.807) is 11.0 Å². The highest BCUT2D eigenvalue weighted by atomic mass is 79.9. The van der Waals surface area contributed by atoms with Crippen LogP contribution in [0.4, 0.5) is 5.69 Å². The third kappa shape index (κ3) is 9.66. The SMILES string of the molecule is Cc1ccccc1N(CCCC(=O)N(Cc1ccc(Br)cc1)[C@@H](Cc1ccccc1)C(=O)NC1CCCCC1)S(C)(=O)=O. The van der Waals surface area contributed by atoms with Gasteiger partial charge in [0.05, 0.1) is 11.9 Å². The number of hydrogen-bond donors (Lipinski definition) is 1. The molecule has 0 bridgehead atoms. The number of para-hydroxylation sites is 1. The van der Waals surface area contributed by atoms with Gasteiger partial charge in [0.15, 0.2) is 0 Å². The number of sulfonamides is 1. The Labute approximate surface area is 264 Å². The summed E-state index contributed by atoms with van der Waals surface area (Å²) >= 11 is 3.48. The summed E-state index contributed by atoms with van der Waals surface area (Å²) in [4.78, 5) is 29.7. The first-order chi connectivity index (χ1) is 20.6. The molecule has 0 aromatic heterocycles. The van der Waals surface area contributed by atoms with E-state index in [4.69, 9.17) is 0 Å². The Bertz CT molecular complexity index is 1460. The fourth-order valence-electron chi connectivity index (χ4n) is 5.71. The van der Waals surface area contributed by atoms with Gasteiger partial charge in [-0.3, -0.25) is 13.9 Å². The molecule has 7 nitrogen and oxygen atoms in total. The van der Waals surface area contributed by atoms with E-state index in [2.05, 4.69) is 21.2 Å². The van der Waals surface area contributed by atoms with Gasteiger partial charge < -0.3 is 10.2 Å². The summed E-state index contributed by atoms with van der Waals surface area (Å²) in [5.41, 5.74) is 3.34. The molecule has 3 aromatic carbocycles. The van der Waals surface area contributed by atoms with Crippen molar-refractivity contribution in [3.63, 3.8) is 0 Å². The molecular formula is C34H42BrN3O4S. The predicted octanol–water partition coefficient (Wildman–Crippen LogP) is 6.39. The second-order valence-corrected chi connectivity index (χ2v) is 14.2. The second-order valence-electron chi connectivity index (χ2n) is 11.4. The topological polar surface area (TPSA) is 86.8 Å². The third-order valence-electron chi connectivity index (χ3n) is 8.03. The van der Waals surface area contributed by atoms with E-state index in [1.807, 2.05) is 79.7 Å². The van der Waals surface area contributed by atoms with E-state index in [0.29, 0.717) is 18.5 Å². The van der Waals surface area contributed by atoms with Crippen molar-refractivity contribution in [3.05, 3.63) is 100 Å². The zero-order chi connectivity index (χ0) is 30.8. The lowest BCUT2D eigenvalue weighted by Gasteiger charge is -2.34. The number of aryl methyl sites for hydroxylation is 1. The molecule has 0 saturated heterocycles. The van der Waals surface area contributed by atoms with Crippen LogP contribution >= 0.6 is 15.9 Å². The maximum absolute atomic E-state index is 14.0. The van der Waals surface area contributed by atoms with Crippen LogP contribution < -0.4 is 9.62 Å². The molecule has 1 N–H and O–H groups in total. The summed E-state index contributed by atoms with van der Waals surface area (Å²) in [5.74, 6) is -0.320. The van der Waals surface area contributed by atoms with Gasteiger partial charge in [-0.2, -0.15) is 0 Å². The molecule has 9 heteroatoms. The van der Waals surface area contributed by atoms with E-state index >= 15 is 0 Å². The van der Waals surface area contributed by atoms with Gasteiger partial charge in [0.2, 0.25) is 21.8 Å². The van der Waals surface area contributed by atoms with Gasteiger partial charge in [-0.15, -0.1) is 0 Å². The number of hydrogen-bond acceptors (Lipinski definition) is 4. The van der Waals surface area contributed by atoms with Crippen molar-refractivity contribution < 1.29 is 18.0 Å². The monoisotopic (exact) mass is 667 g/mol. The van der Waals surface area contributed by atoms with Gasteiger partial charge in [0.25, 0.3) is 0 Å². The Morgan fingerprint density at radius 3 is 2.21 bits per heavy atom. The first kappa shape index (κ1) is 32.7. The minimum absolute atomic E-state index is 0.108. The molecule has 4 rings (SSSR count). The van der Waals surface area contributed by atoms with Crippen LogP contribution in [-0.2, 0) is 32.6 Å². The van der Waals surface area contributed by atoms with Crippen molar-refractivity contribution >= 4 is 43.5 Å². The van der Waals surface area contributed by atoms with E-state index in [0.717, 1.165) is 46.8 Å². The van der Waals surface area contributed by atoms with Crippen LogP contribution in [0.15, 0.2) is 83.3 Å². The van der Waals surface area contributed by atoms with E-state index < -0.39 is 16.1 Å². The van der Waals surface area contributed by atoms with Crippen LogP contribution in [0.1, 0.15) is 61.6 Å². The molecule has 0 spiro atoms. The maximum atomic E-state index is 14.0. The van der Waals surface area contributed by atoms with Crippen molar-refractivity contribution in [1.29, 1.82) is 0 Å². The van der Waals surface area contributed by atoms with Gasteiger partial charge in [-0.05, 0) is 61.1 Å². The standard InChI is InChI=1S/C34H42BrN3O4S/c1-26-12-9-10-17-31(26)38(43(2,41)42)23-11-18-33(39)37(25-28-19-21-29(35)22-20-28)32(24-27-13-5-3-6-14-27)34(40)36-30-15-7-4-8-16-30/h3,5-6,9-10,12-14,17,19-22,30,32H,4,7-8,11,15-16,18,23-25H2,1-2H3,(H,36,40)/t32-/m0/s1. The minimum atomic E-state index is -3.56. The summed E-state index contributed by atoms with van der Waals surface area (Å²) in [5, 5.41) is 3.26. The number of halogens is 1. The van der Waals surface area contributed by atoms with Crippen molar-refractivity contribution in [2.75, 3.05) is 17.1 Å². The van der Waals surface area contributed by atoms with Crippen molar-refractivity contribution in [3.8, 4) is 0 Å². The first-order valence-electron chi connectivity index (χ1n) is 15.0. The number of anilines is 1. The minimum Gasteiger partial charge on any atom is -0.352 e. The summed E-state index contributed by atoms with van der Waals surface area (Å²) in [6.07, 6.45) is 7.26. The predicted molar refractivity (Wildman–Crippen MR) is 176 cm³/mol. The van der Waals surface area contributed by atoms with Gasteiger partial charge >= 0.3 is 0 Å². The Hall–Kier alpha value is -3.17. The normalized spacial score (nSPS) is 14.6. The quantitative estimate of drug-likeness (QED) is 0.229. The molecule has 1 fully saturated rings. The number of rotatable bonds is 13. The number of nitrogens with one attached hydrogen (secondary N) is 1. The van der Waals surface area contributed by atoms with Gasteiger partial charge in [-0.25, -0.2) is 8.42 Å². The lowest BCUT2D eigenvalue weighted by Crippen LogP contribution is -2.52. The fraction of sp³-hybridized carbons (Fsp3) is 0.412. The number of benzene rings is 3. The van der Waals surface area contributed by atoms with Crippen LogP contribution in [-0.4, -0.2) is 50.0 Å². The highest BCUT2D eigenvalue weighted by Crippen LogP contribution is 2.24. The number of amides is 2. The van der Waals surface area contributed by atoms with E-state index in [1.165, 1.54) is 17.0 Å². The molecule has 0 heterocycles. The van der Waals surface area contributed by atoms with Gasteiger partial charge in [0.1, 0.15) is 6.04 Å². The van der Waals surface area contributed by atoms with Crippen molar-refractivity contribution in [2.45, 2.75) is 76.9 Å². The van der Waals surface area contributed by atoms with Gasteiger partial charge in [0, 0.05) is 36.4 Å². The third-order valence-corrected chi connectivity index (χ3v) is 9.73. The Morgan fingerprint density at radius 2 is 1.56 bits per heavy atom. The molecule has 43 heavy (non-hydrogen) atoms. The van der Waals surface area contributed by atoms with Crippen LogP contribution in [0.3, 0.4) is 0 Å². The molecule has 1 aliphatic carbocycles. The average Bonchev–Trinajstić information content (AvgIpc) is 2.99. The molecule has 1 atom stereocenters. The maximum Gasteiger partial charge on any atom is 0.243 e. The Kier molecular flexibility index (Phi) is 11.8. The molecule has 0 unspecified atom stereocenters. The lowest BCUT2D eigenvalue weighted by atomic mass is 9.94. The summed E-state index contributed by atoms with van der Waals surface area (Å²) < 4.78 is 27.8. The zero-order valence-corrected chi connectivity index (χ0v) is 27.4. The van der Waals surface area contributed by atoms with E-state index in [-0.39, 0.29) is 37.4 Å². The zero-order valence-electron chi connectivity index (χ0n) is 25.0. The molecule has 2 amide bonds. The number of carbonyl (C=O) groups is 2. The van der Waals surface area contributed by atoms with Crippen molar-refractivity contribution in [2.24, 2.45) is 0 Å². The lowest BCUT2D eigenvalue weighted by molar-refractivity contribution is -0.141. The molecule has 0 aliphatic heterocycles. The van der Waals surface area contributed by atoms with E-state index in [9.17, 15) is 18.0 Å². The Morgan fingerprint density at radius 1 is 0.907 bits per heavy atom. The molecule has 1 saturated carbocycles. The average molecular weight is 669 g/mol. The van der Waals surface area contributed by atoms with Gasteiger partial charge in [-0.1, -0.05) is 95.9 Å². The number of carbonyl (C=O) groups excluding carboxylic acids is 2. The first-order valence-corrected chi connectivity index (χ1v) is 17.7. The summed E-state index contributed by atoms with van der Waals surface area (Å²) in [6, 6.07) is 24.3. The Balaban J connectivity index is 1.59. The second kappa shape index (κ2) is 15.5. The van der Waals surface area contributed by atoms with Crippen LogP contribution in [0.25, 0.3) is 0 Å². The highest BCUT2D eigenvalue weighted by Gasteiger charge is 2.32. The van der Waals surface area contributed by atoms with Crippen molar-refractivity contribution in [1.82, 2.24) is 10.2 Å². The molecular weight excluding hydrogens is 626 g/mol. The number of nitrogens with zero attached hydrogens (tertiary/aromatic N) is 2.